The van der Waals surface area contributed by atoms with Crippen molar-refractivity contribution in [3.8, 4) is 0 Å². The maximum absolute atomic E-state index is 6.01. The van der Waals surface area contributed by atoms with Crippen molar-refractivity contribution in [1.29, 1.82) is 0 Å². The highest BCUT2D eigenvalue weighted by atomic mass is 35.5. The average Bonchev–Trinajstić information content (AvgIpc) is 3.03. The summed E-state index contributed by atoms with van der Waals surface area (Å²) in [5.74, 6) is 1.49. The molecule has 0 saturated carbocycles. The molecule has 1 unspecified atom stereocenters. The molecule has 4 heteroatoms. The lowest BCUT2D eigenvalue weighted by Gasteiger charge is -2.07. The second-order valence-electron chi connectivity index (χ2n) is 5.21. The Bertz CT molecular complexity index is 778. The minimum Gasteiger partial charge on any atom is -0.384 e. The van der Waals surface area contributed by atoms with E-state index in [4.69, 9.17) is 11.6 Å². The summed E-state index contributed by atoms with van der Waals surface area (Å²) in [5.41, 5.74) is 4.61. The van der Waals surface area contributed by atoms with Crippen LogP contribution in [0.5, 0.6) is 0 Å². The van der Waals surface area contributed by atoms with Crippen molar-refractivity contribution in [2.45, 2.75) is 12.3 Å². The van der Waals surface area contributed by atoms with E-state index in [1.807, 2.05) is 18.2 Å². The smallest absolute Gasteiger partial charge is 0.107 e. The summed E-state index contributed by atoms with van der Waals surface area (Å²) >= 11 is 6.01. The Hall–Kier alpha value is -2.00. The van der Waals surface area contributed by atoms with Crippen LogP contribution in [-0.4, -0.2) is 16.5 Å². The maximum atomic E-state index is 6.01. The van der Waals surface area contributed by atoms with Crippen molar-refractivity contribution < 1.29 is 0 Å². The zero-order valence-electron chi connectivity index (χ0n) is 10.9. The van der Waals surface area contributed by atoms with E-state index in [0.29, 0.717) is 5.92 Å². The number of H-pyrrole nitrogens is 1. The molecule has 1 aliphatic rings. The second-order valence-corrected chi connectivity index (χ2v) is 5.65. The molecule has 3 aromatic rings. The third kappa shape index (κ3) is 1.95. The van der Waals surface area contributed by atoms with E-state index in [-0.39, 0.29) is 0 Å². The highest BCUT2D eigenvalue weighted by molar-refractivity contribution is 6.31. The van der Waals surface area contributed by atoms with Crippen molar-refractivity contribution in [3.05, 3.63) is 58.9 Å². The summed E-state index contributed by atoms with van der Waals surface area (Å²) in [6, 6.07) is 14.2. The zero-order valence-corrected chi connectivity index (χ0v) is 11.6. The first-order valence-corrected chi connectivity index (χ1v) is 7.14. The van der Waals surface area contributed by atoms with Gasteiger partial charge in [0.2, 0.25) is 0 Å². The number of benzene rings is 2. The van der Waals surface area contributed by atoms with E-state index in [9.17, 15) is 0 Å². The van der Waals surface area contributed by atoms with Crippen molar-refractivity contribution in [2.24, 2.45) is 0 Å². The van der Waals surface area contributed by atoms with Gasteiger partial charge < -0.3 is 10.3 Å². The quantitative estimate of drug-likeness (QED) is 0.747. The van der Waals surface area contributed by atoms with Crippen LogP contribution in [0.25, 0.3) is 11.0 Å². The fraction of sp³-hybridized carbons (Fsp3) is 0.188. The van der Waals surface area contributed by atoms with Gasteiger partial charge in [0.25, 0.3) is 0 Å². The molecule has 0 fully saturated rings. The molecule has 3 nitrogen and oxygen atoms in total. The van der Waals surface area contributed by atoms with Gasteiger partial charge in [-0.15, -0.1) is 0 Å². The van der Waals surface area contributed by atoms with Gasteiger partial charge >= 0.3 is 0 Å². The molecule has 0 saturated heterocycles. The van der Waals surface area contributed by atoms with Gasteiger partial charge in [0, 0.05) is 29.6 Å². The summed E-state index contributed by atoms with van der Waals surface area (Å²) < 4.78 is 0. The van der Waals surface area contributed by atoms with Crippen LogP contribution in [0.4, 0.5) is 5.69 Å². The molecule has 0 radical (unpaired) electrons. The molecule has 2 aromatic carbocycles. The molecular formula is C16H14ClN3. The number of anilines is 1. The van der Waals surface area contributed by atoms with Gasteiger partial charge in [0.05, 0.1) is 11.0 Å². The lowest BCUT2D eigenvalue weighted by Crippen LogP contribution is -2.06. The number of nitrogens with one attached hydrogen (secondary N) is 2. The minimum absolute atomic E-state index is 0.474. The van der Waals surface area contributed by atoms with E-state index >= 15 is 0 Å². The SMILES string of the molecule is Clc1ccc2nc(CC3CNc4ccccc43)[nH]c2c1. The van der Waals surface area contributed by atoms with Gasteiger partial charge in [-0.3, -0.25) is 0 Å². The number of nitrogens with zero attached hydrogens (tertiary/aromatic N) is 1. The van der Waals surface area contributed by atoms with Crippen LogP contribution < -0.4 is 5.32 Å². The Kier molecular flexibility index (Phi) is 2.67. The first-order valence-electron chi connectivity index (χ1n) is 6.76. The highest BCUT2D eigenvalue weighted by Gasteiger charge is 2.22. The Balaban J connectivity index is 1.65. The Morgan fingerprint density at radius 3 is 3.05 bits per heavy atom. The van der Waals surface area contributed by atoms with Crippen LogP contribution in [0, 0.1) is 0 Å². The first kappa shape index (κ1) is 11.8. The molecule has 2 N–H and O–H groups in total. The molecule has 1 aromatic heterocycles. The van der Waals surface area contributed by atoms with Crippen LogP contribution in [0.2, 0.25) is 5.02 Å². The Morgan fingerprint density at radius 1 is 1.20 bits per heavy atom. The number of hydrogen-bond acceptors (Lipinski definition) is 2. The molecular weight excluding hydrogens is 270 g/mol. The Labute approximate surface area is 122 Å². The number of rotatable bonds is 2. The fourth-order valence-corrected chi connectivity index (χ4v) is 3.08. The average molecular weight is 284 g/mol. The first-order chi connectivity index (χ1) is 9.79. The van der Waals surface area contributed by atoms with Crippen molar-refractivity contribution >= 4 is 28.3 Å². The molecule has 1 atom stereocenters. The fourth-order valence-electron chi connectivity index (χ4n) is 2.90. The van der Waals surface area contributed by atoms with Crippen molar-refractivity contribution in [1.82, 2.24) is 9.97 Å². The number of imidazole rings is 1. The van der Waals surface area contributed by atoms with Gasteiger partial charge in [-0.25, -0.2) is 4.98 Å². The predicted molar refractivity (Wildman–Crippen MR) is 82.5 cm³/mol. The summed E-state index contributed by atoms with van der Waals surface area (Å²) in [7, 11) is 0. The number of aromatic amines is 1. The third-order valence-corrected chi connectivity index (χ3v) is 4.11. The van der Waals surface area contributed by atoms with Crippen molar-refractivity contribution in [2.75, 3.05) is 11.9 Å². The van der Waals surface area contributed by atoms with E-state index < -0.39 is 0 Å². The van der Waals surface area contributed by atoms with Gasteiger partial charge in [0.15, 0.2) is 0 Å². The molecule has 100 valence electrons. The number of aromatic nitrogens is 2. The molecule has 4 rings (SSSR count). The van der Waals surface area contributed by atoms with Gasteiger partial charge in [-0.05, 0) is 29.8 Å². The van der Waals surface area contributed by atoms with Crippen LogP contribution in [-0.2, 0) is 6.42 Å². The van der Waals surface area contributed by atoms with Crippen LogP contribution in [0.3, 0.4) is 0 Å². The molecule has 2 heterocycles. The maximum Gasteiger partial charge on any atom is 0.107 e. The van der Waals surface area contributed by atoms with Crippen LogP contribution in [0.1, 0.15) is 17.3 Å². The van der Waals surface area contributed by atoms with Crippen LogP contribution in [0.15, 0.2) is 42.5 Å². The normalized spacial score (nSPS) is 17.1. The molecule has 0 aliphatic carbocycles. The lowest BCUT2D eigenvalue weighted by molar-refractivity contribution is 0.723. The summed E-state index contributed by atoms with van der Waals surface area (Å²) in [5, 5.41) is 4.19. The topological polar surface area (TPSA) is 40.7 Å². The predicted octanol–water partition coefficient (Wildman–Crippen LogP) is 3.97. The summed E-state index contributed by atoms with van der Waals surface area (Å²) in [6.45, 7) is 0.969. The van der Waals surface area contributed by atoms with Crippen LogP contribution >= 0.6 is 11.6 Å². The van der Waals surface area contributed by atoms with Gasteiger partial charge in [-0.1, -0.05) is 29.8 Å². The molecule has 0 amide bonds. The molecule has 1 aliphatic heterocycles. The number of hydrogen-bond donors (Lipinski definition) is 2. The van der Waals surface area contributed by atoms with E-state index in [0.717, 1.165) is 34.8 Å². The molecule has 0 bridgehead atoms. The third-order valence-electron chi connectivity index (χ3n) is 3.87. The number of halogens is 1. The second kappa shape index (κ2) is 4.53. The lowest BCUT2D eigenvalue weighted by atomic mass is 9.98. The zero-order chi connectivity index (χ0) is 13.5. The van der Waals surface area contributed by atoms with E-state index in [1.54, 1.807) is 0 Å². The summed E-state index contributed by atoms with van der Waals surface area (Å²) in [4.78, 5) is 8.02. The summed E-state index contributed by atoms with van der Waals surface area (Å²) in [6.07, 6.45) is 0.913. The Morgan fingerprint density at radius 2 is 2.10 bits per heavy atom. The molecule has 0 spiro atoms. The largest absolute Gasteiger partial charge is 0.384 e. The molecule has 20 heavy (non-hydrogen) atoms. The van der Waals surface area contributed by atoms with E-state index in [2.05, 4.69) is 39.6 Å². The van der Waals surface area contributed by atoms with Gasteiger partial charge in [-0.2, -0.15) is 0 Å². The highest BCUT2D eigenvalue weighted by Crippen LogP contribution is 2.33. The number of fused-ring (bicyclic) bond motifs is 2. The monoisotopic (exact) mass is 283 g/mol. The standard InChI is InChI=1S/C16H14ClN3/c17-11-5-6-14-15(8-11)20-16(19-14)7-10-9-18-13-4-2-1-3-12(10)13/h1-6,8,10,18H,7,9H2,(H,19,20). The number of para-hydroxylation sites is 1. The minimum atomic E-state index is 0.474. The van der Waals surface area contributed by atoms with Crippen molar-refractivity contribution in [3.63, 3.8) is 0 Å². The van der Waals surface area contributed by atoms with Gasteiger partial charge in [0.1, 0.15) is 5.82 Å². The van der Waals surface area contributed by atoms with E-state index in [1.165, 1.54) is 11.3 Å².